The second-order valence-corrected chi connectivity index (χ2v) is 4.37. The highest BCUT2D eigenvalue weighted by atomic mass is 16.7. The third-order valence-corrected chi connectivity index (χ3v) is 2.77. The molecule has 0 aliphatic rings. The van der Waals surface area contributed by atoms with Gasteiger partial charge in [-0.1, -0.05) is 12.1 Å². The van der Waals surface area contributed by atoms with Crippen LogP contribution in [0.25, 0.3) is 0 Å². The second-order valence-electron chi connectivity index (χ2n) is 4.37. The molecule has 0 bridgehead atoms. The highest BCUT2D eigenvalue weighted by Gasteiger charge is 2.12. The van der Waals surface area contributed by atoms with E-state index >= 15 is 0 Å². The SMILES string of the molecule is CCOC(COc1c(C)cc(CO)cc1C)OCC. The molecule has 19 heavy (non-hydrogen) atoms. The lowest BCUT2D eigenvalue weighted by atomic mass is 10.1. The van der Waals surface area contributed by atoms with Crippen molar-refractivity contribution >= 4 is 0 Å². The van der Waals surface area contributed by atoms with Crippen LogP contribution < -0.4 is 4.74 Å². The summed E-state index contributed by atoms with van der Waals surface area (Å²) >= 11 is 0. The molecule has 0 heterocycles. The minimum Gasteiger partial charge on any atom is -0.488 e. The molecule has 0 saturated carbocycles. The van der Waals surface area contributed by atoms with Gasteiger partial charge in [0.25, 0.3) is 0 Å². The van der Waals surface area contributed by atoms with Crippen molar-refractivity contribution in [2.24, 2.45) is 0 Å². The Morgan fingerprint density at radius 3 is 2.00 bits per heavy atom. The van der Waals surface area contributed by atoms with Crippen molar-refractivity contribution in [3.05, 3.63) is 28.8 Å². The molecule has 1 aromatic carbocycles. The number of rotatable bonds is 8. The molecule has 1 aromatic rings. The van der Waals surface area contributed by atoms with Gasteiger partial charge >= 0.3 is 0 Å². The largest absolute Gasteiger partial charge is 0.488 e. The maximum atomic E-state index is 9.15. The van der Waals surface area contributed by atoms with E-state index in [9.17, 15) is 0 Å². The first-order chi connectivity index (χ1) is 9.12. The molecule has 0 atom stereocenters. The number of aliphatic hydroxyl groups excluding tert-OH is 1. The van der Waals surface area contributed by atoms with E-state index in [-0.39, 0.29) is 12.9 Å². The number of hydrogen-bond donors (Lipinski definition) is 1. The van der Waals surface area contributed by atoms with E-state index in [1.807, 2.05) is 39.8 Å². The Morgan fingerprint density at radius 2 is 1.58 bits per heavy atom. The van der Waals surface area contributed by atoms with Crippen LogP contribution in [0.2, 0.25) is 0 Å². The summed E-state index contributed by atoms with van der Waals surface area (Å²) in [6, 6.07) is 3.86. The summed E-state index contributed by atoms with van der Waals surface area (Å²) in [7, 11) is 0. The Kier molecular flexibility index (Phi) is 6.84. The van der Waals surface area contributed by atoms with E-state index in [1.54, 1.807) is 0 Å². The lowest BCUT2D eigenvalue weighted by Gasteiger charge is -2.19. The van der Waals surface area contributed by atoms with Crippen molar-refractivity contribution in [2.75, 3.05) is 19.8 Å². The quantitative estimate of drug-likeness (QED) is 0.736. The van der Waals surface area contributed by atoms with E-state index in [4.69, 9.17) is 19.3 Å². The monoisotopic (exact) mass is 268 g/mol. The van der Waals surface area contributed by atoms with Crippen LogP contribution in [0.15, 0.2) is 12.1 Å². The Bertz CT molecular complexity index is 361. The number of hydrogen-bond acceptors (Lipinski definition) is 4. The molecule has 1 N–H and O–H groups in total. The molecule has 0 aliphatic carbocycles. The summed E-state index contributed by atoms with van der Waals surface area (Å²) in [6.45, 7) is 9.39. The van der Waals surface area contributed by atoms with Gasteiger partial charge in [-0.2, -0.15) is 0 Å². The minimum atomic E-state index is -0.341. The fraction of sp³-hybridized carbons (Fsp3) is 0.600. The first kappa shape index (κ1) is 16.0. The summed E-state index contributed by atoms with van der Waals surface area (Å²) in [6.07, 6.45) is -0.341. The van der Waals surface area contributed by atoms with Crippen molar-refractivity contribution in [2.45, 2.75) is 40.6 Å². The number of ether oxygens (including phenoxy) is 3. The van der Waals surface area contributed by atoms with E-state index < -0.39 is 0 Å². The van der Waals surface area contributed by atoms with Gasteiger partial charge in [0, 0.05) is 13.2 Å². The van der Waals surface area contributed by atoms with Crippen molar-refractivity contribution in [3.63, 3.8) is 0 Å². The molecule has 0 spiro atoms. The number of aryl methyl sites for hydroxylation is 2. The molecule has 4 nitrogen and oxygen atoms in total. The summed E-state index contributed by atoms with van der Waals surface area (Å²) in [4.78, 5) is 0. The first-order valence-electron chi connectivity index (χ1n) is 6.69. The molecular formula is C15H24O4. The molecule has 0 unspecified atom stereocenters. The Hall–Kier alpha value is -1.10. The Balaban J connectivity index is 2.70. The van der Waals surface area contributed by atoms with Crippen molar-refractivity contribution < 1.29 is 19.3 Å². The molecular weight excluding hydrogens is 244 g/mol. The predicted octanol–water partition coefficient (Wildman–Crippen LogP) is 2.57. The van der Waals surface area contributed by atoms with Crippen LogP contribution in [-0.2, 0) is 16.1 Å². The highest BCUT2D eigenvalue weighted by Crippen LogP contribution is 2.25. The predicted molar refractivity (Wildman–Crippen MR) is 74.4 cm³/mol. The van der Waals surface area contributed by atoms with Gasteiger partial charge in [-0.15, -0.1) is 0 Å². The van der Waals surface area contributed by atoms with Crippen LogP contribution in [0.4, 0.5) is 0 Å². The Labute approximate surface area is 115 Å². The van der Waals surface area contributed by atoms with Gasteiger partial charge in [-0.3, -0.25) is 0 Å². The van der Waals surface area contributed by atoms with Gasteiger partial charge < -0.3 is 19.3 Å². The molecule has 4 heteroatoms. The van der Waals surface area contributed by atoms with Crippen molar-refractivity contribution in [1.82, 2.24) is 0 Å². The second kappa shape index (κ2) is 8.15. The van der Waals surface area contributed by atoms with Gasteiger partial charge in [-0.05, 0) is 44.4 Å². The van der Waals surface area contributed by atoms with Crippen molar-refractivity contribution in [3.8, 4) is 5.75 Å². The van der Waals surface area contributed by atoms with Gasteiger partial charge in [-0.25, -0.2) is 0 Å². The standard InChI is InChI=1S/C15H24O4/c1-5-17-14(18-6-2)10-19-15-11(3)7-13(9-16)8-12(15)4/h7-8,14,16H,5-6,9-10H2,1-4H3. The summed E-state index contributed by atoms with van der Waals surface area (Å²) in [5.41, 5.74) is 2.92. The normalized spacial score (nSPS) is 11.1. The van der Waals surface area contributed by atoms with Crippen LogP contribution in [0, 0.1) is 13.8 Å². The maximum Gasteiger partial charge on any atom is 0.191 e. The molecule has 0 amide bonds. The molecule has 0 fully saturated rings. The molecule has 0 saturated heterocycles. The fourth-order valence-electron chi connectivity index (χ4n) is 2.03. The minimum absolute atomic E-state index is 0.0441. The first-order valence-corrected chi connectivity index (χ1v) is 6.69. The average Bonchev–Trinajstić information content (AvgIpc) is 2.37. The molecule has 0 radical (unpaired) electrons. The number of aliphatic hydroxyl groups is 1. The molecule has 1 rings (SSSR count). The van der Waals surface area contributed by atoms with Crippen LogP contribution >= 0.6 is 0 Å². The third-order valence-electron chi connectivity index (χ3n) is 2.77. The zero-order valence-corrected chi connectivity index (χ0v) is 12.2. The van der Waals surface area contributed by atoms with Gasteiger partial charge in [0.1, 0.15) is 12.4 Å². The zero-order chi connectivity index (χ0) is 14.3. The highest BCUT2D eigenvalue weighted by molar-refractivity contribution is 5.43. The zero-order valence-electron chi connectivity index (χ0n) is 12.2. The van der Waals surface area contributed by atoms with E-state index in [2.05, 4.69) is 0 Å². The summed E-state index contributed by atoms with van der Waals surface area (Å²) in [5, 5.41) is 9.15. The van der Waals surface area contributed by atoms with Crippen LogP contribution in [-0.4, -0.2) is 31.2 Å². The fourth-order valence-corrected chi connectivity index (χ4v) is 2.03. The lowest BCUT2D eigenvalue weighted by molar-refractivity contribution is -0.152. The molecule has 0 aromatic heterocycles. The van der Waals surface area contributed by atoms with Gasteiger partial charge in [0.2, 0.25) is 0 Å². The van der Waals surface area contributed by atoms with Crippen LogP contribution in [0.1, 0.15) is 30.5 Å². The van der Waals surface area contributed by atoms with Gasteiger partial charge in [0.05, 0.1) is 6.61 Å². The van der Waals surface area contributed by atoms with Crippen molar-refractivity contribution in [1.29, 1.82) is 0 Å². The summed E-state index contributed by atoms with van der Waals surface area (Å²) in [5.74, 6) is 0.835. The molecule has 0 aliphatic heterocycles. The topological polar surface area (TPSA) is 47.9 Å². The lowest BCUT2D eigenvalue weighted by Crippen LogP contribution is -2.25. The van der Waals surface area contributed by atoms with E-state index in [0.29, 0.717) is 19.8 Å². The maximum absolute atomic E-state index is 9.15. The van der Waals surface area contributed by atoms with E-state index in [0.717, 1.165) is 22.4 Å². The van der Waals surface area contributed by atoms with Gasteiger partial charge in [0.15, 0.2) is 6.29 Å². The van der Waals surface area contributed by atoms with Crippen LogP contribution in [0.5, 0.6) is 5.75 Å². The average molecular weight is 268 g/mol. The smallest absolute Gasteiger partial charge is 0.191 e. The Morgan fingerprint density at radius 1 is 1.05 bits per heavy atom. The third kappa shape index (κ3) is 4.82. The molecule has 108 valence electrons. The van der Waals surface area contributed by atoms with Crippen LogP contribution in [0.3, 0.4) is 0 Å². The number of benzene rings is 1. The van der Waals surface area contributed by atoms with E-state index in [1.165, 1.54) is 0 Å². The summed E-state index contributed by atoms with van der Waals surface area (Å²) < 4.78 is 16.7.